The molecule has 106 valence electrons. The average Bonchev–Trinajstić information content (AvgIpc) is 2.74. The molecule has 0 saturated heterocycles. The van der Waals surface area contributed by atoms with Crippen molar-refractivity contribution < 1.29 is 18.3 Å². The molecule has 1 heterocycles. The zero-order chi connectivity index (χ0) is 14.8. The zero-order valence-electron chi connectivity index (χ0n) is 10.3. The van der Waals surface area contributed by atoms with Crippen molar-refractivity contribution in [2.24, 2.45) is 0 Å². The molecule has 0 saturated carbocycles. The van der Waals surface area contributed by atoms with Gasteiger partial charge in [0.1, 0.15) is 5.75 Å². The number of benzene rings is 1. The summed E-state index contributed by atoms with van der Waals surface area (Å²) in [5, 5.41) is 10.8. The zero-order valence-corrected chi connectivity index (χ0v) is 11.9. The van der Waals surface area contributed by atoms with Crippen LogP contribution >= 0.6 is 11.3 Å². The predicted octanol–water partition coefficient (Wildman–Crippen LogP) is 1.39. The van der Waals surface area contributed by atoms with Crippen LogP contribution < -0.4 is 5.73 Å². The summed E-state index contributed by atoms with van der Waals surface area (Å²) in [6, 6.07) is 6.76. The molecular weight excluding hydrogens is 300 g/mol. The molecule has 2 rings (SSSR count). The first-order valence-corrected chi connectivity index (χ1v) is 8.28. The van der Waals surface area contributed by atoms with E-state index in [9.17, 15) is 13.2 Å². The van der Waals surface area contributed by atoms with Crippen LogP contribution in [0.25, 0.3) is 11.3 Å². The van der Waals surface area contributed by atoms with E-state index in [0.717, 1.165) is 11.3 Å². The van der Waals surface area contributed by atoms with Gasteiger partial charge in [0.05, 0.1) is 11.4 Å². The molecule has 6 nitrogen and oxygen atoms in total. The summed E-state index contributed by atoms with van der Waals surface area (Å²) in [6.45, 7) is 0. The number of carbonyl (C=O) groups is 1. The van der Waals surface area contributed by atoms with E-state index >= 15 is 0 Å². The van der Waals surface area contributed by atoms with Crippen molar-refractivity contribution in [2.45, 2.75) is 5.75 Å². The van der Waals surface area contributed by atoms with Gasteiger partial charge >= 0.3 is 5.97 Å². The van der Waals surface area contributed by atoms with Gasteiger partial charge in [-0.15, -0.1) is 11.3 Å². The number of aromatic nitrogens is 1. The summed E-state index contributed by atoms with van der Waals surface area (Å²) >= 11 is 1.33. The maximum absolute atomic E-state index is 11.6. The van der Waals surface area contributed by atoms with E-state index in [1.54, 1.807) is 24.3 Å². The minimum atomic E-state index is -3.64. The quantitative estimate of drug-likeness (QED) is 0.863. The summed E-state index contributed by atoms with van der Waals surface area (Å²) in [5.74, 6) is -2.50. The second-order valence-corrected chi connectivity index (χ2v) is 7.15. The summed E-state index contributed by atoms with van der Waals surface area (Å²) in [6.07, 6.45) is 0. The van der Waals surface area contributed by atoms with Gasteiger partial charge in [0, 0.05) is 10.9 Å². The number of nitrogens with two attached hydrogens (primary N) is 1. The van der Waals surface area contributed by atoms with Gasteiger partial charge in [0.25, 0.3) is 0 Å². The van der Waals surface area contributed by atoms with E-state index in [-0.39, 0.29) is 5.75 Å². The first-order valence-electron chi connectivity index (χ1n) is 5.58. The second kappa shape index (κ2) is 5.59. The number of carboxylic acid groups (broad SMARTS) is 1. The van der Waals surface area contributed by atoms with Crippen LogP contribution in [0.3, 0.4) is 0 Å². The Morgan fingerprint density at radius 3 is 2.45 bits per heavy atom. The lowest BCUT2D eigenvalue weighted by Crippen LogP contribution is -2.16. The Balaban J connectivity index is 2.15. The summed E-state index contributed by atoms with van der Waals surface area (Å²) in [5.41, 5.74) is 7.65. The van der Waals surface area contributed by atoms with Crippen LogP contribution in [-0.2, 0) is 20.4 Å². The molecule has 3 N–H and O–H groups in total. The second-order valence-electron chi connectivity index (χ2n) is 4.19. The summed E-state index contributed by atoms with van der Waals surface area (Å²) < 4.78 is 23.1. The molecule has 0 aliphatic carbocycles. The fourth-order valence-electron chi connectivity index (χ4n) is 1.69. The molecule has 0 amide bonds. The molecule has 0 bridgehead atoms. The van der Waals surface area contributed by atoms with Crippen LogP contribution in [-0.4, -0.2) is 30.2 Å². The number of hydrogen-bond acceptors (Lipinski definition) is 6. The molecule has 1 aromatic heterocycles. The van der Waals surface area contributed by atoms with Gasteiger partial charge in [-0.25, -0.2) is 13.4 Å². The lowest BCUT2D eigenvalue weighted by atomic mass is 10.1. The maximum atomic E-state index is 11.6. The summed E-state index contributed by atoms with van der Waals surface area (Å²) in [4.78, 5) is 14.6. The van der Waals surface area contributed by atoms with Gasteiger partial charge in [-0.3, -0.25) is 4.79 Å². The Labute approximate surface area is 119 Å². The topological polar surface area (TPSA) is 110 Å². The number of hydrogen-bond donors (Lipinski definition) is 2. The third-order valence-corrected chi connectivity index (χ3v) is 4.64. The highest BCUT2D eigenvalue weighted by atomic mass is 32.2. The first kappa shape index (κ1) is 14.5. The minimum Gasteiger partial charge on any atom is -0.480 e. The standard InChI is InChI=1S/C12H12N2O4S2/c13-12-14-10(5-19-12)9-3-1-8(2-4-9)6-20(17,18)7-11(15)16/h1-5H,6-7H2,(H2,13,14)(H,15,16). The molecule has 0 unspecified atom stereocenters. The van der Waals surface area contributed by atoms with Crippen LogP contribution in [0.1, 0.15) is 5.56 Å². The molecule has 0 spiro atoms. The Morgan fingerprint density at radius 1 is 1.30 bits per heavy atom. The fraction of sp³-hybridized carbons (Fsp3) is 0.167. The van der Waals surface area contributed by atoms with Gasteiger partial charge < -0.3 is 10.8 Å². The Hall–Kier alpha value is -1.93. The van der Waals surface area contributed by atoms with Crippen molar-refractivity contribution in [3.8, 4) is 11.3 Å². The number of thiazole rings is 1. The van der Waals surface area contributed by atoms with Crippen LogP contribution in [0, 0.1) is 0 Å². The van der Waals surface area contributed by atoms with E-state index in [1.807, 2.05) is 5.38 Å². The van der Waals surface area contributed by atoms with Crippen molar-refractivity contribution >= 4 is 32.3 Å². The number of aliphatic carboxylic acids is 1. The highest BCUT2D eigenvalue weighted by Crippen LogP contribution is 2.23. The summed E-state index contributed by atoms with van der Waals surface area (Å²) in [7, 11) is -3.64. The van der Waals surface area contributed by atoms with Crippen LogP contribution in [0.5, 0.6) is 0 Å². The Kier molecular flexibility index (Phi) is 4.05. The van der Waals surface area contributed by atoms with Crippen molar-refractivity contribution in [3.05, 3.63) is 35.2 Å². The fourth-order valence-corrected chi connectivity index (χ4v) is 3.44. The Bertz CT molecular complexity index is 720. The number of rotatable bonds is 5. The molecule has 0 atom stereocenters. The molecule has 0 fully saturated rings. The molecule has 2 aromatic rings. The predicted molar refractivity (Wildman–Crippen MR) is 77.1 cm³/mol. The molecule has 8 heteroatoms. The van der Waals surface area contributed by atoms with E-state index in [1.165, 1.54) is 11.3 Å². The number of nitrogen functional groups attached to an aromatic ring is 1. The number of carboxylic acids is 1. The SMILES string of the molecule is Nc1nc(-c2ccc(CS(=O)(=O)CC(=O)O)cc2)cs1. The first-order chi connectivity index (χ1) is 9.35. The van der Waals surface area contributed by atoms with Crippen molar-refractivity contribution in [2.75, 3.05) is 11.5 Å². The number of sulfone groups is 1. The lowest BCUT2D eigenvalue weighted by molar-refractivity contribution is -0.134. The van der Waals surface area contributed by atoms with Crippen LogP contribution in [0.2, 0.25) is 0 Å². The molecule has 0 aliphatic rings. The van der Waals surface area contributed by atoms with Gasteiger partial charge in [0.15, 0.2) is 15.0 Å². The third kappa shape index (κ3) is 3.78. The minimum absolute atomic E-state index is 0.293. The largest absolute Gasteiger partial charge is 0.480 e. The highest BCUT2D eigenvalue weighted by molar-refractivity contribution is 7.91. The normalized spacial score (nSPS) is 11.4. The number of anilines is 1. The van der Waals surface area contributed by atoms with Crippen LogP contribution in [0.15, 0.2) is 29.6 Å². The van der Waals surface area contributed by atoms with Crippen LogP contribution in [0.4, 0.5) is 5.13 Å². The molecular formula is C12H12N2O4S2. The van der Waals surface area contributed by atoms with Gasteiger partial charge in [-0.05, 0) is 5.56 Å². The van der Waals surface area contributed by atoms with E-state index in [4.69, 9.17) is 10.8 Å². The number of nitrogens with zero attached hydrogens (tertiary/aromatic N) is 1. The van der Waals surface area contributed by atoms with E-state index < -0.39 is 21.6 Å². The molecule has 0 aliphatic heterocycles. The highest BCUT2D eigenvalue weighted by Gasteiger charge is 2.16. The van der Waals surface area contributed by atoms with Gasteiger partial charge in [-0.1, -0.05) is 24.3 Å². The Morgan fingerprint density at radius 2 is 1.95 bits per heavy atom. The lowest BCUT2D eigenvalue weighted by Gasteiger charge is -2.03. The van der Waals surface area contributed by atoms with Gasteiger partial charge in [-0.2, -0.15) is 0 Å². The molecule has 20 heavy (non-hydrogen) atoms. The monoisotopic (exact) mass is 312 g/mol. The van der Waals surface area contributed by atoms with Gasteiger partial charge in [0.2, 0.25) is 0 Å². The van der Waals surface area contributed by atoms with Crippen molar-refractivity contribution in [3.63, 3.8) is 0 Å². The average molecular weight is 312 g/mol. The van der Waals surface area contributed by atoms with Crippen molar-refractivity contribution in [1.82, 2.24) is 4.98 Å². The smallest absolute Gasteiger partial charge is 0.318 e. The van der Waals surface area contributed by atoms with Crippen molar-refractivity contribution in [1.29, 1.82) is 0 Å². The van der Waals surface area contributed by atoms with E-state index in [2.05, 4.69) is 4.98 Å². The maximum Gasteiger partial charge on any atom is 0.318 e. The molecule has 1 aromatic carbocycles. The molecule has 0 radical (unpaired) electrons. The van der Waals surface area contributed by atoms with E-state index in [0.29, 0.717) is 10.7 Å². The third-order valence-electron chi connectivity index (χ3n) is 2.50.